The second kappa shape index (κ2) is 6.86. The second-order valence-electron chi connectivity index (χ2n) is 4.63. The first-order valence-electron chi connectivity index (χ1n) is 5.90. The topological polar surface area (TPSA) is 28.7 Å². The standard InChI is InChI=1S/C8H12N2S.C4H6Br2S/c1-2-3-4-7-5-6-9-8(11)10-7;1-3(2)4(5,6)7-3/h5-6H,2-4H2,1H3,(H,9,10,11);1-2H3. The van der Waals surface area contributed by atoms with Crippen molar-refractivity contribution in [1.82, 2.24) is 9.97 Å². The molecule has 1 aromatic rings. The maximum Gasteiger partial charge on any atom is 0.196 e. The van der Waals surface area contributed by atoms with Gasteiger partial charge in [0.05, 0.1) is 0 Å². The molecule has 102 valence electrons. The molecule has 2 rings (SSSR count). The minimum Gasteiger partial charge on any atom is -0.335 e. The molecule has 0 atom stereocenters. The van der Waals surface area contributed by atoms with Crippen molar-refractivity contribution in [3.05, 3.63) is 22.7 Å². The van der Waals surface area contributed by atoms with E-state index >= 15 is 0 Å². The molecule has 0 spiro atoms. The van der Waals surface area contributed by atoms with Gasteiger partial charge in [-0.3, -0.25) is 0 Å². The van der Waals surface area contributed by atoms with Gasteiger partial charge in [0.2, 0.25) is 0 Å². The number of aromatic nitrogens is 2. The quantitative estimate of drug-likeness (QED) is 0.406. The van der Waals surface area contributed by atoms with E-state index in [4.69, 9.17) is 12.2 Å². The first-order valence-corrected chi connectivity index (χ1v) is 8.72. The van der Waals surface area contributed by atoms with Crippen LogP contribution in [0.25, 0.3) is 0 Å². The average molecular weight is 414 g/mol. The van der Waals surface area contributed by atoms with E-state index in [9.17, 15) is 0 Å². The van der Waals surface area contributed by atoms with Gasteiger partial charge in [-0.1, -0.05) is 45.2 Å². The second-order valence-corrected chi connectivity index (χ2v) is 11.3. The Morgan fingerprint density at radius 1 is 1.44 bits per heavy atom. The van der Waals surface area contributed by atoms with Crippen molar-refractivity contribution in [3.63, 3.8) is 0 Å². The van der Waals surface area contributed by atoms with Crippen LogP contribution in [-0.2, 0) is 6.42 Å². The van der Waals surface area contributed by atoms with Crippen LogP contribution in [0.4, 0.5) is 0 Å². The summed E-state index contributed by atoms with van der Waals surface area (Å²) in [5, 5.41) is 0. The molecule has 2 nitrogen and oxygen atoms in total. The maximum absolute atomic E-state index is 4.88. The minimum atomic E-state index is 0.188. The molecule has 0 saturated carbocycles. The van der Waals surface area contributed by atoms with Crippen molar-refractivity contribution in [1.29, 1.82) is 0 Å². The summed E-state index contributed by atoms with van der Waals surface area (Å²) in [5.41, 5.74) is 1.19. The normalized spacial score (nSPS) is 18.7. The first-order chi connectivity index (χ1) is 8.28. The summed E-state index contributed by atoms with van der Waals surface area (Å²) in [5.74, 6) is 0. The number of unbranched alkanes of at least 4 members (excludes halogenated alkanes) is 1. The van der Waals surface area contributed by atoms with Crippen LogP contribution in [0.15, 0.2) is 12.3 Å². The Kier molecular flexibility index (Phi) is 6.35. The van der Waals surface area contributed by atoms with E-state index in [0.29, 0.717) is 9.52 Å². The third-order valence-electron chi connectivity index (χ3n) is 2.58. The van der Waals surface area contributed by atoms with Crippen molar-refractivity contribution in [2.24, 2.45) is 0 Å². The Hall–Kier alpha value is 0.610. The van der Waals surface area contributed by atoms with Gasteiger partial charge in [-0.25, -0.2) is 4.98 Å². The van der Waals surface area contributed by atoms with Gasteiger partial charge in [0.25, 0.3) is 0 Å². The van der Waals surface area contributed by atoms with Crippen LogP contribution in [0.3, 0.4) is 0 Å². The van der Waals surface area contributed by atoms with Crippen molar-refractivity contribution >= 4 is 55.8 Å². The summed E-state index contributed by atoms with van der Waals surface area (Å²) in [7, 11) is 0. The average Bonchev–Trinajstić information content (AvgIpc) is 2.72. The lowest BCUT2D eigenvalue weighted by molar-refractivity contribution is 0.771. The lowest BCUT2D eigenvalue weighted by Crippen LogP contribution is -2.02. The van der Waals surface area contributed by atoms with Gasteiger partial charge in [0, 0.05) is 16.6 Å². The number of hydrogen-bond donors (Lipinski definition) is 1. The number of rotatable bonds is 3. The summed E-state index contributed by atoms with van der Waals surface area (Å²) in [6, 6.07) is 1.98. The lowest BCUT2D eigenvalue weighted by Gasteiger charge is -1.97. The number of H-pyrrole nitrogens is 1. The molecular formula is C12H18Br2N2S2. The van der Waals surface area contributed by atoms with Gasteiger partial charge in [-0.2, -0.15) is 0 Å². The van der Waals surface area contributed by atoms with Crippen molar-refractivity contribution in [3.8, 4) is 0 Å². The predicted octanol–water partition coefficient (Wildman–Crippen LogP) is 5.44. The smallest absolute Gasteiger partial charge is 0.196 e. The fraction of sp³-hybridized carbons (Fsp3) is 0.667. The van der Waals surface area contributed by atoms with Crippen LogP contribution >= 0.6 is 55.8 Å². The van der Waals surface area contributed by atoms with Crippen molar-refractivity contribution in [2.75, 3.05) is 0 Å². The molecule has 0 bridgehead atoms. The number of nitrogens with zero attached hydrogens (tertiary/aromatic N) is 1. The molecule has 0 radical (unpaired) electrons. The Bertz CT molecular complexity index is 432. The van der Waals surface area contributed by atoms with E-state index in [1.807, 2.05) is 17.8 Å². The van der Waals surface area contributed by atoms with Gasteiger partial charge < -0.3 is 4.98 Å². The summed E-state index contributed by atoms with van der Waals surface area (Å²) < 4.78 is 1.17. The molecule has 18 heavy (non-hydrogen) atoms. The van der Waals surface area contributed by atoms with E-state index in [2.05, 4.69) is 62.6 Å². The molecule has 2 heterocycles. The number of aryl methyl sites for hydroxylation is 1. The van der Waals surface area contributed by atoms with E-state index in [1.165, 1.54) is 18.5 Å². The van der Waals surface area contributed by atoms with E-state index in [1.54, 1.807) is 6.20 Å². The maximum atomic E-state index is 4.88. The fourth-order valence-electron chi connectivity index (χ4n) is 1.21. The van der Waals surface area contributed by atoms with Gasteiger partial charge in [0.1, 0.15) is 2.57 Å². The van der Waals surface area contributed by atoms with E-state index < -0.39 is 0 Å². The van der Waals surface area contributed by atoms with Crippen molar-refractivity contribution in [2.45, 2.75) is 47.3 Å². The molecule has 0 aromatic carbocycles. The summed E-state index contributed by atoms with van der Waals surface area (Å²) in [6.45, 7) is 6.57. The van der Waals surface area contributed by atoms with Crippen LogP contribution < -0.4 is 0 Å². The third-order valence-corrected chi connectivity index (χ3v) is 7.64. The van der Waals surface area contributed by atoms with E-state index in [-0.39, 0.29) is 2.57 Å². The number of halogens is 2. The number of nitrogens with one attached hydrogen (secondary N) is 1. The number of aromatic amines is 1. The van der Waals surface area contributed by atoms with Crippen molar-refractivity contribution < 1.29 is 0 Å². The predicted molar refractivity (Wildman–Crippen MR) is 90.3 cm³/mol. The van der Waals surface area contributed by atoms with E-state index in [0.717, 1.165) is 6.42 Å². The highest BCUT2D eigenvalue weighted by Gasteiger charge is 2.59. The lowest BCUT2D eigenvalue weighted by atomic mass is 10.2. The van der Waals surface area contributed by atoms with Gasteiger partial charge in [-0.05, 0) is 45.0 Å². The summed E-state index contributed by atoms with van der Waals surface area (Å²) >= 11 is 13.7. The monoisotopic (exact) mass is 412 g/mol. The SMILES string of the molecule is CC1(C)SC1(Br)Br.CCCCc1ccnc(=S)[nH]1. The van der Waals surface area contributed by atoms with Crippen LogP contribution in [0.2, 0.25) is 0 Å². The molecule has 1 aliphatic heterocycles. The Morgan fingerprint density at radius 2 is 2.00 bits per heavy atom. The Balaban J connectivity index is 0.000000199. The molecule has 0 aliphatic carbocycles. The Labute approximate surface area is 135 Å². The molecule has 0 unspecified atom stereocenters. The molecular weight excluding hydrogens is 396 g/mol. The van der Waals surface area contributed by atoms with Gasteiger partial charge in [0.15, 0.2) is 4.77 Å². The van der Waals surface area contributed by atoms with Crippen LogP contribution in [0, 0.1) is 4.77 Å². The third kappa shape index (κ3) is 5.31. The zero-order valence-corrected chi connectivity index (χ0v) is 15.6. The highest BCUT2D eigenvalue weighted by atomic mass is 79.9. The van der Waals surface area contributed by atoms with Crippen LogP contribution in [0.1, 0.15) is 39.3 Å². The largest absolute Gasteiger partial charge is 0.335 e. The Morgan fingerprint density at radius 3 is 2.39 bits per heavy atom. The fourth-order valence-corrected chi connectivity index (χ4v) is 4.42. The van der Waals surface area contributed by atoms with Crippen LogP contribution in [-0.4, -0.2) is 17.3 Å². The number of thioether (sulfide) groups is 1. The zero-order chi connectivity index (χ0) is 13.8. The summed E-state index contributed by atoms with van der Waals surface area (Å²) in [6.07, 6.45) is 5.24. The highest BCUT2D eigenvalue weighted by Crippen LogP contribution is 2.71. The van der Waals surface area contributed by atoms with Gasteiger partial charge >= 0.3 is 0 Å². The number of hydrogen-bond acceptors (Lipinski definition) is 3. The molecule has 1 aromatic heterocycles. The summed E-state index contributed by atoms with van der Waals surface area (Å²) in [4.78, 5) is 6.95. The first kappa shape index (κ1) is 16.7. The molecule has 0 amide bonds. The zero-order valence-electron chi connectivity index (χ0n) is 10.8. The highest BCUT2D eigenvalue weighted by molar-refractivity contribution is 9.29. The number of alkyl halides is 2. The van der Waals surface area contributed by atoms with Gasteiger partial charge in [-0.15, -0.1) is 11.8 Å². The molecule has 1 fully saturated rings. The van der Waals surface area contributed by atoms with Crippen LogP contribution in [0.5, 0.6) is 0 Å². The molecule has 6 heteroatoms. The molecule has 1 saturated heterocycles. The molecule has 1 N–H and O–H groups in total. The molecule has 1 aliphatic rings. The minimum absolute atomic E-state index is 0.188.